The average Bonchev–Trinajstić information content (AvgIpc) is 2.85. The first kappa shape index (κ1) is 14.6. The van der Waals surface area contributed by atoms with Crippen molar-refractivity contribution in [1.29, 1.82) is 0 Å². The second kappa shape index (κ2) is 6.55. The quantitative estimate of drug-likeness (QED) is 0.833. The number of ether oxygens (including phenoxy) is 1. The number of nitrogens with one attached hydrogen (secondary N) is 1. The van der Waals surface area contributed by atoms with E-state index in [2.05, 4.69) is 53.3 Å². The molecule has 0 bridgehead atoms. The Morgan fingerprint density at radius 3 is 2.47 bits per heavy atom. The fourth-order valence-corrected chi connectivity index (χ4v) is 3.57. The third-order valence-corrected chi connectivity index (χ3v) is 4.93. The molecule has 19 heavy (non-hydrogen) atoms. The summed E-state index contributed by atoms with van der Waals surface area (Å²) < 4.78 is 6.58. The summed E-state index contributed by atoms with van der Waals surface area (Å²) in [5.41, 5.74) is 1.19. The van der Waals surface area contributed by atoms with Gasteiger partial charge < -0.3 is 10.1 Å². The van der Waals surface area contributed by atoms with Gasteiger partial charge in [-0.25, -0.2) is 0 Å². The highest BCUT2D eigenvalue weighted by atomic mass is 79.9. The minimum Gasteiger partial charge on any atom is -0.496 e. The van der Waals surface area contributed by atoms with Gasteiger partial charge in [0.15, 0.2) is 0 Å². The third kappa shape index (κ3) is 3.59. The summed E-state index contributed by atoms with van der Waals surface area (Å²) in [4.78, 5) is 1.33. The summed E-state index contributed by atoms with van der Waals surface area (Å²) in [6.07, 6.45) is 0. The van der Waals surface area contributed by atoms with E-state index in [-0.39, 0.29) is 6.04 Å². The Bertz CT molecular complexity index is 540. The van der Waals surface area contributed by atoms with E-state index in [1.54, 1.807) is 18.4 Å². The highest BCUT2D eigenvalue weighted by Crippen LogP contribution is 2.30. The first-order valence-electron chi connectivity index (χ1n) is 6.26. The highest BCUT2D eigenvalue weighted by molar-refractivity contribution is 9.11. The van der Waals surface area contributed by atoms with E-state index in [0.717, 1.165) is 5.75 Å². The van der Waals surface area contributed by atoms with Crippen LogP contribution in [0.4, 0.5) is 0 Å². The molecule has 2 nitrogen and oxygen atoms in total. The molecule has 2 rings (SSSR count). The van der Waals surface area contributed by atoms with Crippen LogP contribution in [0, 0.1) is 0 Å². The van der Waals surface area contributed by atoms with Gasteiger partial charge >= 0.3 is 0 Å². The standard InChI is InChI=1S/C15H18BrNOS/c1-10(12-6-4-5-7-13(12)18-3)17-11(2)14-8-9-15(16)19-14/h4-11,17H,1-3H3/t10-,11?/m1/s1. The lowest BCUT2D eigenvalue weighted by Crippen LogP contribution is -2.22. The zero-order valence-electron chi connectivity index (χ0n) is 11.3. The Labute approximate surface area is 126 Å². The first-order chi connectivity index (χ1) is 9.11. The van der Waals surface area contributed by atoms with Crippen LogP contribution in [0.1, 0.15) is 36.4 Å². The zero-order chi connectivity index (χ0) is 13.8. The molecule has 102 valence electrons. The Morgan fingerprint density at radius 1 is 1.11 bits per heavy atom. The first-order valence-corrected chi connectivity index (χ1v) is 7.87. The molecule has 1 aromatic heterocycles. The molecule has 0 aliphatic rings. The van der Waals surface area contributed by atoms with Crippen LogP contribution in [-0.2, 0) is 0 Å². The number of para-hydroxylation sites is 1. The number of thiophene rings is 1. The van der Waals surface area contributed by atoms with Gasteiger partial charge in [-0.05, 0) is 48.0 Å². The molecule has 0 amide bonds. The van der Waals surface area contributed by atoms with Crippen molar-refractivity contribution in [1.82, 2.24) is 5.32 Å². The minimum atomic E-state index is 0.243. The Morgan fingerprint density at radius 2 is 1.84 bits per heavy atom. The fourth-order valence-electron chi connectivity index (χ4n) is 2.13. The summed E-state index contributed by atoms with van der Waals surface area (Å²) in [7, 11) is 1.71. The lowest BCUT2D eigenvalue weighted by atomic mass is 10.1. The smallest absolute Gasteiger partial charge is 0.123 e. The minimum absolute atomic E-state index is 0.243. The van der Waals surface area contributed by atoms with Crippen LogP contribution < -0.4 is 10.1 Å². The molecular formula is C15H18BrNOS. The van der Waals surface area contributed by atoms with Crippen LogP contribution >= 0.6 is 27.3 Å². The Balaban J connectivity index is 2.10. The van der Waals surface area contributed by atoms with Crippen molar-refractivity contribution in [2.75, 3.05) is 7.11 Å². The maximum Gasteiger partial charge on any atom is 0.123 e. The van der Waals surface area contributed by atoms with Crippen LogP contribution in [-0.4, -0.2) is 7.11 Å². The molecular weight excluding hydrogens is 322 g/mol. The lowest BCUT2D eigenvalue weighted by molar-refractivity contribution is 0.397. The van der Waals surface area contributed by atoms with E-state index >= 15 is 0 Å². The Hall–Kier alpha value is -0.840. The van der Waals surface area contributed by atoms with Crippen LogP contribution in [0.25, 0.3) is 0 Å². The van der Waals surface area contributed by atoms with Crippen molar-refractivity contribution in [3.63, 3.8) is 0 Å². The topological polar surface area (TPSA) is 21.3 Å². The summed E-state index contributed by atoms with van der Waals surface area (Å²) >= 11 is 5.27. The fraction of sp³-hybridized carbons (Fsp3) is 0.333. The summed E-state index contributed by atoms with van der Waals surface area (Å²) in [5.74, 6) is 0.932. The molecule has 1 aromatic carbocycles. The molecule has 0 aliphatic heterocycles. The van der Waals surface area contributed by atoms with Crippen molar-refractivity contribution in [3.8, 4) is 5.75 Å². The van der Waals surface area contributed by atoms with Gasteiger partial charge in [0.25, 0.3) is 0 Å². The van der Waals surface area contributed by atoms with Crippen molar-refractivity contribution < 1.29 is 4.74 Å². The van der Waals surface area contributed by atoms with Crippen LogP contribution in [0.3, 0.4) is 0 Å². The van der Waals surface area contributed by atoms with Crippen LogP contribution in [0.2, 0.25) is 0 Å². The normalized spacial score (nSPS) is 14.1. The van der Waals surface area contributed by atoms with Gasteiger partial charge in [-0.2, -0.15) is 0 Å². The second-order valence-electron chi connectivity index (χ2n) is 4.49. The largest absolute Gasteiger partial charge is 0.496 e. The molecule has 0 aliphatic carbocycles. The van der Waals surface area contributed by atoms with Gasteiger partial charge in [-0.3, -0.25) is 0 Å². The second-order valence-corrected chi connectivity index (χ2v) is 6.99. The van der Waals surface area contributed by atoms with Gasteiger partial charge in [0.1, 0.15) is 5.75 Å². The third-order valence-electron chi connectivity index (χ3n) is 3.13. The summed E-state index contributed by atoms with van der Waals surface area (Å²) in [5, 5.41) is 3.61. The van der Waals surface area contributed by atoms with Gasteiger partial charge in [0, 0.05) is 22.5 Å². The van der Waals surface area contributed by atoms with Crippen molar-refractivity contribution >= 4 is 27.3 Å². The summed E-state index contributed by atoms with van der Waals surface area (Å²) in [6, 6.07) is 12.9. The molecule has 1 N–H and O–H groups in total. The molecule has 2 atom stereocenters. The molecule has 1 heterocycles. The molecule has 0 radical (unpaired) electrons. The van der Waals surface area contributed by atoms with Gasteiger partial charge in [-0.1, -0.05) is 18.2 Å². The van der Waals surface area contributed by atoms with Crippen LogP contribution in [0.5, 0.6) is 5.75 Å². The highest BCUT2D eigenvalue weighted by Gasteiger charge is 2.15. The number of hydrogen-bond donors (Lipinski definition) is 1. The Kier molecular flexibility index (Phi) is 5.02. The summed E-state index contributed by atoms with van der Waals surface area (Å²) in [6.45, 7) is 4.35. The molecule has 2 aromatic rings. The van der Waals surface area contributed by atoms with E-state index in [4.69, 9.17) is 4.74 Å². The SMILES string of the molecule is COc1ccccc1[C@@H](C)NC(C)c1ccc(Br)s1. The van der Waals surface area contributed by atoms with E-state index < -0.39 is 0 Å². The molecule has 1 unspecified atom stereocenters. The molecule has 4 heteroatoms. The number of benzene rings is 1. The van der Waals surface area contributed by atoms with Crippen molar-refractivity contribution in [3.05, 3.63) is 50.6 Å². The molecule has 0 fully saturated rings. The maximum absolute atomic E-state index is 5.41. The maximum atomic E-state index is 5.41. The monoisotopic (exact) mass is 339 g/mol. The predicted molar refractivity (Wildman–Crippen MR) is 85.0 cm³/mol. The van der Waals surface area contributed by atoms with Crippen molar-refractivity contribution in [2.45, 2.75) is 25.9 Å². The predicted octanol–water partition coefficient (Wildman–Crippen LogP) is 4.93. The number of hydrogen-bond acceptors (Lipinski definition) is 3. The molecule has 0 spiro atoms. The lowest BCUT2D eigenvalue weighted by Gasteiger charge is -2.21. The molecule has 0 saturated carbocycles. The number of rotatable bonds is 5. The van der Waals surface area contributed by atoms with E-state index in [1.165, 1.54) is 14.2 Å². The van der Waals surface area contributed by atoms with E-state index in [9.17, 15) is 0 Å². The van der Waals surface area contributed by atoms with Gasteiger partial charge in [0.2, 0.25) is 0 Å². The molecule has 0 saturated heterocycles. The van der Waals surface area contributed by atoms with Crippen LogP contribution in [0.15, 0.2) is 40.2 Å². The zero-order valence-corrected chi connectivity index (χ0v) is 13.7. The van der Waals surface area contributed by atoms with Gasteiger partial charge in [0.05, 0.1) is 10.9 Å². The van der Waals surface area contributed by atoms with Crippen molar-refractivity contribution in [2.24, 2.45) is 0 Å². The number of methoxy groups -OCH3 is 1. The van der Waals surface area contributed by atoms with E-state index in [1.807, 2.05) is 18.2 Å². The van der Waals surface area contributed by atoms with Gasteiger partial charge in [-0.15, -0.1) is 11.3 Å². The van der Waals surface area contributed by atoms with E-state index in [0.29, 0.717) is 6.04 Å². The average molecular weight is 340 g/mol. The number of halogens is 1.